The topological polar surface area (TPSA) is 42.0 Å². The summed E-state index contributed by atoms with van der Waals surface area (Å²) < 4.78 is 13.1. The van der Waals surface area contributed by atoms with E-state index in [1.165, 1.54) is 94.0 Å². The second-order valence-electron chi connectivity index (χ2n) is 13.5. The van der Waals surface area contributed by atoms with Crippen molar-refractivity contribution in [2.45, 2.75) is 114 Å². The van der Waals surface area contributed by atoms with Gasteiger partial charge in [0.05, 0.1) is 13.7 Å². The summed E-state index contributed by atoms with van der Waals surface area (Å²) in [6.07, 6.45) is 14.8. The molecule has 42 heavy (non-hydrogen) atoms. The van der Waals surface area contributed by atoms with E-state index in [4.69, 9.17) is 9.47 Å². The van der Waals surface area contributed by atoms with Crippen molar-refractivity contribution in [2.75, 3.05) is 33.3 Å². The molecule has 228 valence electrons. The van der Waals surface area contributed by atoms with Crippen LogP contribution in [0.25, 0.3) is 0 Å². The van der Waals surface area contributed by atoms with E-state index in [1.807, 2.05) is 0 Å². The second kappa shape index (κ2) is 13.1. The van der Waals surface area contributed by atoms with Crippen LogP contribution in [0.15, 0.2) is 42.5 Å². The van der Waals surface area contributed by atoms with Crippen LogP contribution < -0.4 is 9.47 Å². The average molecular weight is 573 g/mol. The maximum atomic E-state index is 12.3. The van der Waals surface area contributed by atoms with Crippen molar-refractivity contribution < 1.29 is 14.3 Å². The molecule has 2 aliphatic heterocycles. The van der Waals surface area contributed by atoms with Crippen molar-refractivity contribution in [3.8, 4) is 11.5 Å². The van der Waals surface area contributed by atoms with Gasteiger partial charge >= 0.3 is 0 Å². The van der Waals surface area contributed by atoms with Gasteiger partial charge in [-0.2, -0.15) is 0 Å². The van der Waals surface area contributed by atoms with Gasteiger partial charge in [0.15, 0.2) is 11.5 Å². The Morgan fingerprint density at radius 3 is 2.57 bits per heavy atom. The lowest BCUT2D eigenvalue weighted by Crippen LogP contribution is -2.69. The van der Waals surface area contributed by atoms with Crippen LogP contribution in [0.5, 0.6) is 11.5 Å². The molecule has 2 bridgehead atoms. The normalized spacial score (nSPS) is 27.5. The number of likely N-dealkylation sites (tertiary alicyclic amines) is 1. The number of piperidine rings is 1. The van der Waals surface area contributed by atoms with Crippen LogP contribution in [0.4, 0.5) is 0 Å². The van der Waals surface area contributed by atoms with E-state index in [2.05, 4.69) is 59.2 Å². The number of carbonyl (C=O) groups is 1. The Balaban J connectivity index is 1.21. The molecule has 1 saturated carbocycles. The van der Waals surface area contributed by atoms with Gasteiger partial charge in [-0.3, -0.25) is 14.6 Å². The summed E-state index contributed by atoms with van der Waals surface area (Å²) >= 11 is 0. The minimum atomic E-state index is 0.0387. The highest BCUT2D eigenvalue weighted by Crippen LogP contribution is 2.64. The monoisotopic (exact) mass is 572 g/mol. The third-order valence-electron chi connectivity index (χ3n) is 11.1. The van der Waals surface area contributed by atoms with E-state index in [0.717, 1.165) is 30.9 Å². The molecule has 1 spiro atoms. The zero-order chi connectivity index (χ0) is 29.1. The van der Waals surface area contributed by atoms with Gasteiger partial charge in [0.2, 0.25) is 0 Å². The number of hydrogen-bond donors (Lipinski definition) is 0. The first-order valence-electron chi connectivity index (χ1n) is 16.9. The number of carbonyl (C=O) groups excluding carboxylic acids is 1. The number of benzene rings is 2. The van der Waals surface area contributed by atoms with Gasteiger partial charge in [-0.1, -0.05) is 69.0 Å². The highest BCUT2D eigenvalue weighted by atomic mass is 16.5. The number of nitrogens with zero attached hydrogens (tertiary/aromatic N) is 2. The third-order valence-corrected chi connectivity index (χ3v) is 11.1. The molecule has 2 fully saturated rings. The van der Waals surface area contributed by atoms with Gasteiger partial charge in [-0.15, -0.1) is 0 Å². The SMILES string of the molecule is CCCCCN(CCCCCCc1ccccc1)[C@H]1CC[C@H]2[C@H]3Cc4ccc(OC)c5c4[C@@]2(CCN3CC(C)=O)[C@H]1O5. The first kappa shape index (κ1) is 29.7. The minimum absolute atomic E-state index is 0.0387. The van der Waals surface area contributed by atoms with Crippen LogP contribution in [0.1, 0.15) is 94.7 Å². The van der Waals surface area contributed by atoms with Crippen LogP contribution in [0.2, 0.25) is 0 Å². The molecule has 5 atom stereocenters. The van der Waals surface area contributed by atoms with Crippen molar-refractivity contribution >= 4 is 5.78 Å². The van der Waals surface area contributed by atoms with Crippen molar-refractivity contribution in [3.63, 3.8) is 0 Å². The van der Waals surface area contributed by atoms with Crippen LogP contribution in [-0.4, -0.2) is 67.1 Å². The zero-order valence-electron chi connectivity index (χ0n) is 26.3. The summed E-state index contributed by atoms with van der Waals surface area (Å²) in [5.41, 5.74) is 4.40. The Morgan fingerprint density at radius 2 is 1.81 bits per heavy atom. The number of unbranched alkanes of at least 4 members (excludes halogenated alkanes) is 5. The summed E-state index contributed by atoms with van der Waals surface area (Å²) in [7, 11) is 1.78. The summed E-state index contributed by atoms with van der Waals surface area (Å²) in [4.78, 5) is 17.6. The van der Waals surface area contributed by atoms with E-state index in [9.17, 15) is 4.79 Å². The fourth-order valence-corrected chi connectivity index (χ4v) is 9.26. The average Bonchev–Trinajstić information content (AvgIpc) is 3.35. The van der Waals surface area contributed by atoms with Gasteiger partial charge in [0.1, 0.15) is 11.9 Å². The molecule has 2 aromatic carbocycles. The molecule has 6 rings (SSSR count). The maximum absolute atomic E-state index is 12.3. The number of aryl methyl sites for hydroxylation is 1. The quantitative estimate of drug-likeness (QED) is 0.215. The fourth-order valence-electron chi connectivity index (χ4n) is 9.26. The van der Waals surface area contributed by atoms with Gasteiger partial charge < -0.3 is 9.47 Å². The van der Waals surface area contributed by atoms with Crippen molar-refractivity contribution in [1.29, 1.82) is 0 Å². The summed E-state index contributed by atoms with van der Waals surface area (Å²) in [5, 5.41) is 0. The van der Waals surface area contributed by atoms with Crippen molar-refractivity contribution in [3.05, 3.63) is 59.2 Å². The molecule has 1 saturated heterocycles. The van der Waals surface area contributed by atoms with Crippen LogP contribution in [-0.2, 0) is 23.1 Å². The number of rotatable bonds is 15. The number of ether oxygens (including phenoxy) is 2. The molecule has 0 unspecified atom stereocenters. The predicted molar refractivity (Wildman–Crippen MR) is 170 cm³/mol. The molecule has 0 N–H and O–H groups in total. The third kappa shape index (κ3) is 5.52. The molecular weight excluding hydrogens is 520 g/mol. The van der Waals surface area contributed by atoms with Gasteiger partial charge in [-0.05, 0) is 101 Å². The largest absolute Gasteiger partial charge is 0.493 e. The molecule has 0 aromatic heterocycles. The van der Waals surface area contributed by atoms with Gasteiger partial charge in [0.25, 0.3) is 0 Å². The highest BCUT2D eigenvalue weighted by molar-refractivity contribution is 5.77. The first-order valence-corrected chi connectivity index (χ1v) is 16.9. The lowest BCUT2D eigenvalue weighted by Gasteiger charge is -2.60. The minimum Gasteiger partial charge on any atom is -0.493 e. The van der Waals surface area contributed by atoms with E-state index in [0.29, 0.717) is 24.5 Å². The van der Waals surface area contributed by atoms with Crippen LogP contribution in [0.3, 0.4) is 0 Å². The summed E-state index contributed by atoms with van der Waals surface area (Å²) in [5.74, 6) is 2.76. The Bertz CT molecular complexity index is 1210. The van der Waals surface area contributed by atoms with Gasteiger partial charge in [0, 0.05) is 23.1 Å². The second-order valence-corrected chi connectivity index (χ2v) is 13.5. The Hall–Kier alpha value is -2.37. The predicted octanol–water partition coefficient (Wildman–Crippen LogP) is 6.99. The molecule has 0 radical (unpaired) electrons. The van der Waals surface area contributed by atoms with E-state index >= 15 is 0 Å². The molecule has 0 amide bonds. The van der Waals surface area contributed by atoms with E-state index in [1.54, 1.807) is 14.0 Å². The molecule has 2 heterocycles. The molecule has 4 aliphatic rings. The summed E-state index contributed by atoms with van der Waals surface area (Å²) in [6, 6.07) is 16.2. The first-order chi connectivity index (χ1) is 20.6. The maximum Gasteiger partial charge on any atom is 0.165 e. The molecular formula is C37H52N2O3. The van der Waals surface area contributed by atoms with Crippen LogP contribution in [0, 0.1) is 5.92 Å². The van der Waals surface area contributed by atoms with Crippen LogP contribution >= 0.6 is 0 Å². The molecule has 2 aliphatic carbocycles. The number of ketones is 1. The number of hydrogen-bond acceptors (Lipinski definition) is 5. The smallest absolute Gasteiger partial charge is 0.165 e. The highest BCUT2D eigenvalue weighted by Gasteiger charge is 2.66. The zero-order valence-corrected chi connectivity index (χ0v) is 26.3. The van der Waals surface area contributed by atoms with Crippen molar-refractivity contribution in [1.82, 2.24) is 9.80 Å². The number of Topliss-reactive ketones (excluding diaryl/α,β-unsaturated/α-hetero) is 1. The Kier molecular flexibility index (Phi) is 9.26. The fraction of sp³-hybridized carbons (Fsp3) is 0.649. The molecule has 2 aromatic rings. The molecule has 5 nitrogen and oxygen atoms in total. The Morgan fingerprint density at radius 1 is 1.02 bits per heavy atom. The van der Waals surface area contributed by atoms with E-state index < -0.39 is 0 Å². The lowest BCUT2D eigenvalue weighted by molar-refractivity contribution is -0.123. The van der Waals surface area contributed by atoms with Gasteiger partial charge in [-0.25, -0.2) is 0 Å². The number of methoxy groups -OCH3 is 1. The van der Waals surface area contributed by atoms with Crippen molar-refractivity contribution in [2.24, 2.45) is 5.92 Å². The Labute approximate surface area is 253 Å². The standard InChI is InChI=1S/C37H52N2O3/c1-4-5-12-22-38(23-13-7-6-9-14-28-15-10-8-11-16-28)31-19-18-30-32-25-29-17-20-33(41-3)35-34(29)37(30,36(31)42-35)21-24-39(32)26-27(2)40/h8,10-11,15-17,20,30-32,36H,4-7,9,12-14,18-19,21-26H2,1-3H3/t30-,31-,32+,36-,37-/m0/s1. The summed E-state index contributed by atoms with van der Waals surface area (Å²) in [6.45, 7) is 7.96. The molecule has 5 heteroatoms. The van der Waals surface area contributed by atoms with E-state index in [-0.39, 0.29) is 17.3 Å². The lowest BCUT2D eigenvalue weighted by atomic mass is 9.51.